The van der Waals surface area contributed by atoms with Crippen molar-refractivity contribution in [1.82, 2.24) is 9.97 Å². The molecule has 1 N–H and O–H groups in total. The topological polar surface area (TPSA) is 63.1 Å². The van der Waals surface area contributed by atoms with E-state index in [1.165, 1.54) is 23.7 Å². The van der Waals surface area contributed by atoms with E-state index >= 15 is 0 Å². The van der Waals surface area contributed by atoms with Gasteiger partial charge in [0, 0.05) is 10.9 Å². The summed E-state index contributed by atoms with van der Waals surface area (Å²) in [5, 5.41) is 12.3. The number of carbonyl (C=O) groups is 1. The van der Waals surface area contributed by atoms with E-state index in [-0.39, 0.29) is 0 Å². The Morgan fingerprint density at radius 1 is 1.30 bits per heavy atom. The smallest absolute Gasteiger partial charge is 0.316 e. The Labute approximate surface area is 142 Å². The van der Waals surface area contributed by atoms with Gasteiger partial charge in [0.1, 0.15) is 21.4 Å². The lowest BCUT2D eigenvalue weighted by Gasteiger charge is -2.08. The molecule has 6 heteroatoms. The van der Waals surface area contributed by atoms with Gasteiger partial charge < -0.3 is 5.11 Å². The lowest BCUT2D eigenvalue weighted by atomic mass is 10.0. The molecule has 1 unspecified atom stereocenters. The number of rotatable bonds is 5. The predicted molar refractivity (Wildman–Crippen MR) is 95.2 cm³/mol. The first kappa shape index (κ1) is 16.0. The normalized spacial score (nSPS) is 12.4. The second-order valence-electron chi connectivity index (χ2n) is 5.16. The van der Waals surface area contributed by atoms with Crippen LogP contribution in [0, 0.1) is 0 Å². The number of nitrogens with zero attached hydrogens (tertiary/aromatic N) is 2. The van der Waals surface area contributed by atoms with Crippen LogP contribution < -0.4 is 0 Å². The zero-order valence-corrected chi connectivity index (χ0v) is 14.4. The third-order valence-electron chi connectivity index (χ3n) is 3.64. The summed E-state index contributed by atoms with van der Waals surface area (Å²) < 4.78 is 0. The molecule has 2 heterocycles. The highest BCUT2D eigenvalue weighted by atomic mass is 32.2. The molecule has 23 heavy (non-hydrogen) atoms. The van der Waals surface area contributed by atoms with Crippen LogP contribution in [0.5, 0.6) is 0 Å². The number of aromatic nitrogens is 2. The van der Waals surface area contributed by atoms with Gasteiger partial charge >= 0.3 is 5.97 Å². The fraction of sp³-hybridized carbons (Fsp3) is 0.235. The SMILES string of the molecule is CCc1ccc(-c2csc3ncnc(SC(C)C(=O)O)c23)cc1. The first-order valence-electron chi connectivity index (χ1n) is 7.31. The van der Waals surface area contributed by atoms with E-state index in [2.05, 4.69) is 46.5 Å². The van der Waals surface area contributed by atoms with Crippen LogP contribution in [0.4, 0.5) is 0 Å². The number of fused-ring (bicyclic) bond motifs is 1. The van der Waals surface area contributed by atoms with E-state index < -0.39 is 11.2 Å². The number of hydrogen-bond acceptors (Lipinski definition) is 5. The Hall–Kier alpha value is -1.92. The maximum atomic E-state index is 11.1. The van der Waals surface area contributed by atoms with Gasteiger partial charge in [0.15, 0.2) is 0 Å². The minimum atomic E-state index is -0.842. The molecule has 0 bridgehead atoms. The highest BCUT2D eigenvalue weighted by molar-refractivity contribution is 8.00. The Morgan fingerprint density at radius 2 is 2.04 bits per heavy atom. The number of aliphatic carboxylic acids is 1. The molecule has 1 aromatic carbocycles. The predicted octanol–water partition coefficient (Wildman–Crippen LogP) is 4.49. The van der Waals surface area contributed by atoms with Crippen LogP contribution in [0.3, 0.4) is 0 Å². The molecule has 0 saturated heterocycles. The Morgan fingerprint density at radius 3 is 2.70 bits per heavy atom. The molecule has 3 aromatic rings. The van der Waals surface area contributed by atoms with Crippen molar-refractivity contribution in [3.8, 4) is 11.1 Å². The number of benzene rings is 1. The number of thiophene rings is 1. The van der Waals surface area contributed by atoms with Gasteiger partial charge in [-0.2, -0.15) is 0 Å². The molecule has 1 atom stereocenters. The second kappa shape index (κ2) is 6.68. The first-order valence-corrected chi connectivity index (χ1v) is 9.07. The number of thioether (sulfide) groups is 1. The van der Waals surface area contributed by atoms with Crippen molar-refractivity contribution >= 4 is 39.3 Å². The molecule has 3 rings (SSSR count). The van der Waals surface area contributed by atoms with E-state index in [1.54, 1.807) is 18.3 Å². The molecule has 0 fully saturated rings. The summed E-state index contributed by atoms with van der Waals surface area (Å²) in [6.07, 6.45) is 2.50. The molecule has 0 radical (unpaired) electrons. The summed E-state index contributed by atoms with van der Waals surface area (Å²) >= 11 is 2.81. The van der Waals surface area contributed by atoms with Gasteiger partial charge in [0.25, 0.3) is 0 Å². The first-order chi connectivity index (χ1) is 11.1. The van der Waals surface area contributed by atoms with Gasteiger partial charge in [0.05, 0.1) is 5.39 Å². The Kier molecular flexibility index (Phi) is 4.63. The molecule has 0 saturated carbocycles. The van der Waals surface area contributed by atoms with Crippen LogP contribution in [-0.2, 0) is 11.2 Å². The van der Waals surface area contributed by atoms with Crippen molar-refractivity contribution in [3.05, 3.63) is 41.5 Å². The van der Waals surface area contributed by atoms with Gasteiger partial charge in [-0.15, -0.1) is 11.3 Å². The molecule has 118 valence electrons. The summed E-state index contributed by atoms with van der Waals surface area (Å²) in [7, 11) is 0. The van der Waals surface area contributed by atoms with E-state index in [9.17, 15) is 4.79 Å². The zero-order chi connectivity index (χ0) is 16.4. The summed E-state index contributed by atoms with van der Waals surface area (Å²) in [5.74, 6) is -0.842. The van der Waals surface area contributed by atoms with Crippen LogP contribution in [0.2, 0.25) is 0 Å². The molecular weight excluding hydrogens is 328 g/mol. The number of carboxylic acids is 1. The molecule has 2 aromatic heterocycles. The summed E-state index contributed by atoms with van der Waals surface area (Å²) in [6.45, 7) is 3.80. The Balaban J connectivity index is 2.08. The van der Waals surface area contributed by atoms with Gasteiger partial charge in [0.2, 0.25) is 0 Å². The van der Waals surface area contributed by atoms with Crippen LogP contribution in [-0.4, -0.2) is 26.3 Å². The van der Waals surface area contributed by atoms with Crippen LogP contribution in [0.1, 0.15) is 19.4 Å². The number of carboxylic acid groups (broad SMARTS) is 1. The minimum Gasteiger partial charge on any atom is -0.480 e. The fourth-order valence-electron chi connectivity index (χ4n) is 2.29. The highest BCUT2D eigenvalue weighted by Gasteiger charge is 2.19. The standard InChI is InChI=1S/C17H16N2O2S2/c1-3-11-4-6-12(7-5-11)13-8-22-15-14(13)16(19-9-18-15)23-10(2)17(20)21/h4-10H,3H2,1-2H3,(H,20,21). The van der Waals surface area contributed by atoms with Crippen molar-refractivity contribution in [2.24, 2.45) is 0 Å². The number of aryl methyl sites for hydroxylation is 1. The molecule has 0 aliphatic heterocycles. The van der Waals surface area contributed by atoms with E-state index in [1.807, 2.05) is 0 Å². The van der Waals surface area contributed by atoms with E-state index in [4.69, 9.17) is 5.11 Å². The third-order valence-corrected chi connectivity index (χ3v) is 5.62. The average Bonchev–Trinajstić information content (AvgIpc) is 3.00. The largest absolute Gasteiger partial charge is 0.480 e. The second-order valence-corrected chi connectivity index (χ2v) is 7.34. The molecule has 0 spiro atoms. The van der Waals surface area contributed by atoms with Gasteiger partial charge in [-0.1, -0.05) is 43.0 Å². The van der Waals surface area contributed by atoms with Crippen LogP contribution in [0.25, 0.3) is 21.3 Å². The van der Waals surface area contributed by atoms with Crippen molar-refractivity contribution < 1.29 is 9.90 Å². The molecule has 0 amide bonds. The average molecular weight is 344 g/mol. The third kappa shape index (κ3) is 3.23. The van der Waals surface area contributed by atoms with Crippen LogP contribution >= 0.6 is 23.1 Å². The van der Waals surface area contributed by atoms with Crippen molar-refractivity contribution in [3.63, 3.8) is 0 Å². The quantitative estimate of drug-likeness (QED) is 0.546. The number of hydrogen-bond donors (Lipinski definition) is 1. The molecule has 0 aliphatic rings. The summed E-state index contributed by atoms with van der Waals surface area (Å²) in [6, 6.07) is 8.44. The van der Waals surface area contributed by atoms with Gasteiger partial charge in [-0.25, -0.2) is 9.97 Å². The Bertz CT molecular complexity index is 843. The molecular formula is C17H16N2O2S2. The minimum absolute atomic E-state index is 0.552. The lowest BCUT2D eigenvalue weighted by molar-refractivity contribution is -0.136. The van der Waals surface area contributed by atoms with E-state index in [0.717, 1.165) is 32.8 Å². The summed E-state index contributed by atoms with van der Waals surface area (Å²) in [5.41, 5.74) is 3.46. The fourth-order valence-corrected chi connectivity index (χ4v) is 4.14. The highest BCUT2D eigenvalue weighted by Crippen LogP contribution is 2.38. The molecule has 4 nitrogen and oxygen atoms in total. The summed E-state index contributed by atoms with van der Waals surface area (Å²) in [4.78, 5) is 20.7. The van der Waals surface area contributed by atoms with Crippen molar-refractivity contribution in [2.45, 2.75) is 30.5 Å². The monoisotopic (exact) mass is 344 g/mol. The maximum Gasteiger partial charge on any atom is 0.316 e. The molecule has 0 aliphatic carbocycles. The van der Waals surface area contributed by atoms with Crippen molar-refractivity contribution in [1.29, 1.82) is 0 Å². The van der Waals surface area contributed by atoms with Crippen molar-refractivity contribution in [2.75, 3.05) is 0 Å². The van der Waals surface area contributed by atoms with Crippen LogP contribution in [0.15, 0.2) is 41.0 Å². The van der Waals surface area contributed by atoms with Gasteiger partial charge in [-0.05, 0) is 24.5 Å². The zero-order valence-electron chi connectivity index (χ0n) is 12.8. The van der Waals surface area contributed by atoms with E-state index in [0.29, 0.717) is 0 Å². The maximum absolute atomic E-state index is 11.1. The van der Waals surface area contributed by atoms with Gasteiger partial charge in [-0.3, -0.25) is 4.79 Å². The lowest BCUT2D eigenvalue weighted by Crippen LogP contribution is -2.11.